The number of nitrogens with one attached hydrogen (secondary N) is 1. The van der Waals surface area contributed by atoms with Crippen molar-refractivity contribution in [3.63, 3.8) is 0 Å². The number of nitrogens with zero attached hydrogens (tertiary/aromatic N) is 1. The Morgan fingerprint density at radius 3 is 2.47 bits per heavy atom. The summed E-state index contributed by atoms with van der Waals surface area (Å²) in [6.07, 6.45) is 0.855. The minimum atomic E-state index is -3.78. The molecule has 1 aliphatic heterocycles. The highest BCUT2D eigenvalue weighted by Crippen LogP contribution is 2.33. The predicted molar refractivity (Wildman–Crippen MR) is 116 cm³/mol. The number of anilines is 1. The molecule has 0 aliphatic carbocycles. The molecule has 162 valence electrons. The summed E-state index contributed by atoms with van der Waals surface area (Å²) < 4.78 is 38.1. The van der Waals surface area contributed by atoms with Gasteiger partial charge in [0.2, 0.25) is 15.9 Å². The van der Waals surface area contributed by atoms with Gasteiger partial charge in [-0.05, 0) is 49.6 Å². The fraction of sp³-hybridized carbons (Fsp3) is 0.381. The van der Waals surface area contributed by atoms with E-state index < -0.39 is 10.0 Å². The molecule has 0 spiro atoms. The Hall–Kier alpha value is -2.29. The number of rotatable bonds is 6. The van der Waals surface area contributed by atoms with Crippen molar-refractivity contribution in [3.05, 3.63) is 47.0 Å². The molecule has 0 unspecified atom stereocenters. The molecule has 0 saturated carbocycles. The first kappa shape index (κ1) is 22.4. The number of methoxy groups -OCH3 is 2. The molecule has 30 heavy (non-hydrogen) atoms. The third-order valence-electron chi connectivity index (χ3n) is 5.34. The molecule has 9 heteroatoms. The van der Waals surface area contributed by atoms with Crippen LogP contribution in [0.3, 0.4) is 0 Å². The molecule has 0 bridgehead atoms. The third kappa shape index (κ3) is 4.55. The Morgan fingerprint density at radius 1 is 1.13 bits per heavy atom. The SMILES string of the molecule is COc1ccc(OC)c(S(=O)(=O)N2CCC(C(=O)Nc3cccc(Cl)c3C)CC2)c1. The van der Waals surface area contributed by atoms with Gasteiger partial charge >= 0.3 is 0 Å². The molecular weight excluding hydrogens is 428 g/mol. The van der Waals surface area contributed by atoms with Crippen LogP contribution in [-0.2, 0) is 14.8 Å². The van der Waals surface area contributed by atoms with E-state index in [1.54, 1.807) is 30.3 Å². The van der Waals surface area contributed by atoms with Crippen LogP contribution in [0.2, 0.25) is 5.02 Å². The van der Waals surface area contributed by atoms with E-state index in [0.717, 1.165) is 5.56 Å². The molecule has 0 aromatic heterocycles. The average Bonchev–Trinajstić information content (AvgIpc) is 2.76. The largest absolute Gasteiger partial charge is 0.497 e. The summed E-state index contributed by atoms with van der Waals surface area (Å²) in [5.74, 6) is 0.283. The molecule has 1 N–H and O–H groups in total. The summed E-state index contributed by atoms with van der Waals surface area (Å²) in [5.41, 5.74) is 1.47. The number of carbonyl (C=O) groups is 1. The van der Waals surface area contributed by atoms with Gasteiger partial charge in [0.15, 0.2) is 0 Å². The maximum atomic E-state index is 13.2. The van der Waals surface area contributed by atoms with Crippen molar-refractivity contribution in [3.8, 4) is 11.5 Å². The van der Waals surface area contributed by atoms with E-state index in [4.69, 9.17) is 21.1 Å². The summed E-state index contributed by atoms with van der Waals surface area (Å²) in [5, 5.41) is 3.50. The Bertz CT molecular complexity index is 1030. The molecule has 2 aromatic carbocycles. The lowest BCUT2D eigenvalue weighted by molar-refractivity contribution is -0.120. The first-order valence-electron chi connectivity index (χ1n) is 9.56. The van der Waals surface area contributed by atoms with E-state index in [0.29, 0.717) is 29.3 Å². The molecule has 1 saturated heterocycles. The van der Waals surface area contributed by atoms with Gasteiger partial charge in [-0.25, -0.2) is 8.42 Å². The zero-order valence-electron chi connectivity index (χ0n) is 17.1. The number of halogens is 1. The van der Waals surface area contributed by atoms with Crippen molar-refractivity contribution in [2.45, 2.75) is 24.7 Å². The summed E-state index contributed by atoms with van der Waals surface area (Å²) in [6, 6.07) is 10.0. The van der Waals surface area contributed by atoms with Gasteiger partial charge in [0.25, 0.3) is 0 Å². The van der Waals surface area contributed by atoms with E-state index in [2.05, 4.69) is 5.32 Å². The Morgan fingerprint density at radius 2 is 1.83 bits per heavy atom. The second-order valence-electron chi connectivity index (χ2n) is 7.10. The number of hydrogen-bond acceptors (Lipinski definition) is 5. The molecule has 0 radical (unpaired) electrons. The lowest BCUT2D eigenvalue weighted by Gasteiger charge is -2.31. The number of ether oxygens (including phenoxy) is 2. The second kappa shape index (κ2) is 9.24. The van der Waals surface area contributed by atoms with E-state index in [9.17, 15) is 13.2 Å². The van der Waals surface area contributed by atoms with Gasteiger partial charge in [-0.1, -0.05) is 17.7 Å². The molecule has 7 nitrogen and oxygen atoms in total. The van der Waals surface area contributed by atoms with Crippen molar-refractivity contribution in [2.75, 3.05) is 32.6 Å². The fourth-order valence-electron chi connectivity index (χ4n) is 3.46. The first-order chi connectivity index (χ1) is 14.3. The van der Waals surface area contributed by atoms with Crippen molar-refractivity contribution >= 4 is 33.2 Å². The second-order valence-corrected chi connectivity index (χ2v) is 9.41. The molecular formula is C21H25ClN2O5S. The van der Waals surface area contributed by atoms with Crippen LogP contribution in [0.25, 0.3) is 0 Å². The van der Waals surface area contributed by atoms with E-state index >= 15 is 0 Å². The van der Waals surface area contributed by atoms with Crippen molar-refractivity contribution in [2.24, 2.45) is 5.92 Å². The number of amides is 1. The van der Waals surface area contributed by atoms with Crippen LogP contribution < -0.4 is 14.8 Å². The van der Waals surface area contributed by atoms with Gasteiger partial charge in [-0.3, -0.25) is 4.79 Å². The molecule has 1 aliphatic rings. The third-order valence-corrected chi connectivity index (χ3v) is 7.67. The standard InChI is InChI=1S/C21H25ClN2O5S/c1-14-17(22)5-4-6-18(14)23-21(25)15-9-11-24(12-10-15)30(26,27)20-13-16(28-2)7-8-19(20)29-3/h4-8,13,15H,9-12H2,1-3H3,(H,23,25). The van der Waals surface area contributed by atoms with Crippen molar-refractivity contribution in [1.82, 2.24) is 4.31 Å². The normalized spacial score (nSPS) is 15.6. The van der Waals surface area contributed by atoms with Crippen LogP contribution in [0.15, 0.2) is 41.3 Å². The molecule has 1 amide bonds. The Labute approximate surface area is 182 Å². The quantitative estimate of drug-likeness (QED) is 0.722. The number of hydrogen-bond donors (Lipinski definition) is 1. The van der Waals surface area contributed by atoms with Crippen LogP contribution in [0.5, 0.6) is 11.5 Å². The number of carbonyl (C=O) groups excluding carboxylic acids is 1. The van der Waals surface area contributed by atoms with Crippen LogP contribution in [-0.4, -0.2) is 45.9 Å². The summed E-state index contributed by atoms with van der Waals surface area (Å²) in [6.45, 7) is 2.33. The molecule has 0 atom stereocenters. The summed E-state index contributed by atoms with van der Waals surface area (Å²) in [7, 11) is -0.877. The minimum absolute atomic E-state index is 0.0572. The van der Waals surface area contributed by atoms with Gasteiger partial charge in [0, 0.05) is 35.8 Å². The molecule has 3 rings (SSSR count). The van der Waals surface area contributed by atoms with E-state index in [-0.39, 0.29) is 35.6 Å². The zero-order chi connectivity index (χ0) is 21.9. The monoisotopic (exact) mass is 452 g/mol. The van der Waals surface area contributed by atoms with Gasteiger partial charge in [-0.15, -0.1) is 0 Å². The lowest BCUT2D eigenvalue weighted by atomic mass is 9.97. The van der Waals surface area contributed by atoms with Crippen LogP contribution in [0, 0.1) is 12.8 Å². The van der Waals surface area contributed by atoms with Gasteiger partial charge in [-0.2, -0.15) is 4.31 Å². The van der Waals surface area contributed by atoms with E-state index in [1.165, 1.54) is 24.6 Å². The molecule has 2 aromatic rings. The highest BCUT2D eigenvalue weighted by Gasteiger charge is 2.34. The lowest BCUT2D eigenvalue weighted by Crippen LogP contribution is -2.41. The zero-order valence-corrected chi connectivity index (χ0v) is 18.7. The fourth-order valence-corrected chi connectivity index (χ4v) is 5.28. The maximum Gasteiger partial charge on any atom is 0.246 e. The van der Waals surface area contributed by atoms with E-state index in [1.807, 2.05) is 6.92 Å². The predicted octanol–water partition coefficient (Wildman–Crippen LogP) is 3.71. The Kier molecular flexibility index (Phi) is 6.90. The highest BCUT2D eigenvalue weighted by molar-refractivity contribution is 7.89. The smallest absolute Gasteiger partial charge is 0.246 e. The van der Waals surface area contributed by atoms with Crippen LogP contribution >= 0.6 is 11.6 Å². The van der Waals surface area contributed by atoms with Crippen molar-refractivity contribution in [1.29, 1.82) is 0 Å². The number of benzene rings is 2. The minimum Gasteiger partial charge on any atom is -0.497 e. The van der Waals surface area contributed by atoms with Gasteiger partial charge < -0.3 is 14.8 Å². The molecule has 1 fully saturated rings. The topological polar surface area (TPSA) is 84.9 Å². The Balaban J connectivity index is 1.70. The van der Waals surface area contributed by atoms with Crippen LogP contribution in [0.1, 0.15) is 18.4 Å². The number of sulfonamides is 1. The highest BCUT2D eigenvalue weighted by atomic mass is 35.5. The summed E-state index contributed by atoms with van der Waals surface area (Å²) >= 11 is 6.11. The maximum absolute atomic E-state index is 13.2. The number of piperidine rings is 1. The van der Waals surface area contributed by atoms with Gasteiger partial charge in [0.1, 0.15) is 16.4 Å². The first-order valence-corrected chi connectivity index (χ1v) is 11.4. The van der Waals surface area contributed by atoms with Gasteiger partial charge in [0.05, 0.1) is 14.2 Å². The van der Waals surface area contributed by atoms with Crippen molar-refractivity contribution < 1.29 is 22.7 Å². The van der Waals surface area contributed by atoms with Crippen LogP contribution in [0.4, 0.5) is 5.69 Å². The average molecular weight is 453 g/mol. The summed E-state index contributed by atoms with van der Waals surface area (Å²) in [4.78, 5) is 12.7. The molecule has 1 heterocycles.